The van der Waals surface area contributed by atoms with Crippen molar-refractivity contribution in [2.24, 2.45) is 0 Å². The maximum absolute atomic E-state index is 8.96. The first-order valence-corrected chi connectivity index (χ1v) is 9.41. The van der Waals surface area contributed by atoms with Gasteiger partial charge in [0, 0.05) is 39.3 Å². The molecule has 2 aromatic rings. The number of aromatic nitrogens is 1. The van der Waals surface area contributed by atoms with Crippen LogP contribution in [0, 0.1) is 11.3 Å². The van der Waals surface area contributed by atoms with Gasteiger partial charge >= 0.3 is 0 Å². The summed E-state index contributed by atoms with van der Waals surface area (Å²) in [7, 11) is 0. The molecule has 0 atom stereocenters. The number of hydrogen-bond acceptors (Lipinski definition) is 5. The number of rotatable bonds is 7. The minimum absolute atomic E-state index is 0.270. The number of nitrogens with zero attached hydrogens (tertiary/aromatic N) is 4. The molecule has 0 unspecified atom stereocenters. The van der Waals surface area contributed by atoms with Gasteiger partial charge in [0.2, 0.25) is 0 Å². The highest BCUT2D eigenvalue weighted by Crippen LogP contribution is 2.15. The van der Waals surface area contributed by atoms with Gasteiger partial charge in [-0.25, -0.2) is 4.98 Å². The zero-order valence-electron chi connectivity index (χ0n) is 14.9. The highest BCUT2D eigenvalue weighted by molar-refractivity contribution is 6.31. The molecular weight excluding hydrogens is 346 g/mol. The molecule has 0 spiro atoms. The Morgan fingerprint density at radius 1 is 1.04 bits per heavy atom. The van der Waals surface area contributed by atoms with Crippen LogP contribution in [0.25, 0.3) is 0 Å². The van der Waals surface area contributed by atoms with Crippen LogP contribution in [0.5, 0.6) is 0 Å². The summed E-state index contributed by atoms with van der Waals surface area (Å²) >= 11 is 5.90. The summed E-state index contributed by atoms with van der Waals surface area (Å²) in [4.78, 5) is 9.23. The van der Waals surface area contributed by atoms with Gasteiger partial charge in [-0.05, 0) is 30.7 Å². The average Bonchev–Trinajstić information content (AvgIpc) is 2.68. The molecule has 0 amide bonds. The third kappa shape index (κ3) is 5.43. The van der Waals surface area contributed by atoms with Crippen molar-refractivity contribution >= 4 is 17.4 Å². The number of benzene rings is 1. The Bertz CT molecular complexity index is 736. The zero-order chi connectivity index (χ0) is 18.2. The monoisotopic (exact) mass is 369 g/mol. The van der Waals surface area contributed by atoms with Crippen molar-refractivity contribution < 1.29 is 0 Å². The molecule has 1 N–H and O–H groups in total. The second-order valence-electron chi connectivity index (χ2n) is 6.52. The van der Waals surface area contributed by atoms with Gasteiger partial charge in [-0.1, -0.05) is 41.9 Å². The lowest BCUT2D eigenvalue weighted by Crippen LogP contribution is -2.46. The Balaban J connectivity index is 1.33. The molecule has 6 heteroatoms. The molecule has 1 aromatic heterocycles. The van der Waals surface area contributed by atoms with E-state index in [1.165, 1.54) is 5.56 Å². The van der Waals surface area contributed by atoms with E-state index in [-0.39, 0.29) is 5.69 Å². The lowest BCUT2D eigenvalue weighted by Gasteiger charge is -2.34. The number of nitrogens with one attached hydrogen (secondary N) is 1. The molecule has 1 aromatic carbocycles. The van der Waals surface area contributed by atoms with Gasteiger partial charge < -0.3 is 10.2 Å². The van der Waals surface area contributed by atoms with Crippen LogP contribution in [-0.2, 0) is 6.54 Å². The summed E-state index contributed by atoms with van der Waals surface area (Å²) in [5, 5.41) is 12.6. The minimum Gasteiger partial charge on any atom is -0.370 e. The maximum atomic E-state index is 8.96. The van der Waals surface area contributed by atoms with E-state index >= 15 is 0 Å². The second-order valence-corrected chi connectivity index (χ2v) is 6.93. The van der Waals surface area contributed by atoms with Gasteiger partial charge in [0.25, 0.3) is 0 Å². The van der Waals surface area contributed by atoms with Crippen LogP contribution >= 0.6 is 11.6 Å². The van der Waals surface area contributed by atoms with E-state index in [0.29, 0.717) is 10.8 Å². The summed E-state index contributed by atoms with van der Waals surface area (Å²) in [6.07, 6.45) is 1.05. The molecular formula is C20H24ClN5. The third-order valence-electron chi connectivity index (χ3n) is 4.62. The number of pyridine rings is 1. The van der Waals surface area contributed by atoms with E-state index in [4.69, 9.17) is 16.9 Å². The predicted octanol–water partition coefficient (Wildman–Crippen LogP) is 3.23. The number of piperazine rings is 1. The first-order valence-electron chi connectivity index (χ1n) is 9.04. The molecule has 0 saturated carbocycles. The van der Waals surface area contributed by atoms with E-state index < -0.39 is 0 Å². The fourth-order valence-electron chi connectivity index (χ4n) is 3.15. The Morgan fingerprint density at radius 2 is 1.77 bits per heavy atom. The molecule has 0 radical (unpaired) electrons. The third-order valence-corrected chi connectivity index (χ3v) is 4.93. The Morgan fingerprint density at radius 3 is 2.50 bits per heavy atom. The smallest absolute Gasteiger partial charge is 0.161 e. The molecule has 0 bridgehead atoms. The lowest BCUT2D eigenvalue weighted by atomic mass is 10.2. The number of nitriles is 1. The van der Waals surface area contributed by atoms with E-state index in [0.717, 1.165) is 52.2 Å². The topological polar surface area (TPSA) is 55.2 Å². The molecule has 1 aliphatic heterocycles. The van der Waals surface area contributed by atoms with Crippen LogP contribution in [0.15, 0.2) is 42.5 Å². The summed E-state index contributed by atoms with van der Waals surface area (Å²) in [5.74, 6) is 0.707. The van der Waals surface area contributed by atoms with Gasteiger partial charge in [0.1, 0.15) is 11.9 Å². The van der Waals surface area contributed by atoms with Crippen molar-refractivity contribution in [3.63, 3.8) is 0 Å². The summed E-state index contributed by atoms with van der Waals surface area (Å²) in [6.45, 7) is 7.42. The molecule has 3 rings (SSSR count). The maximum Gasteiger partial charge on any atom is 0.161 e. The van der Waals surface area contributed by atoms with Crippen LogP contribution in [0.4, 0.5) is 5.82 Å². The van der Waals surface area contributed by atoms with Crippen LogP contribution in [-0.4, -0.2) is 54.1 Å². The summed E-state index contributed by atoms with van der Waals surface area (Å²) in [5.41, 5.74) is 1.66. The lowest BCUT2D eigenvalue weighted by molar-refractivity contribution is 0.127. The standard InChI is InChI=1S/C20H24ClN5/c21-18-7-8-20(24-19(18)15-22)23-9-4-10-25-11-13-26(14-12-25)16-17-5-2-1-3-6-17/h1-3,5-8H,4,9-14,16H2,(H,23,24). The van der Waals surface area contributed by atoms with Crippen molar-refractivity contribution in [2.75, 3.05) is 44.6 Å². The van der Waals surface area contributed by atoms with Gasteiger partial charge in [0.15, 0.2) is 5.69 Å². The van der Waals surface area contributed by atoms with Gasteiger partial charge in [0.05, 0.1) is 5.02 Å². The number of hydrogen-bond donors (Lipinski definition) is 1. The summed E-state index contributed by atoms with van der Waals surface area (Å²) < 4.78 is 0. The van der Waals surface area contributed by atoms with E-state index in [1.54, 1.807) is 6.07 Å². The molecule has 1 aliphatic rings. The van der Waals surface area contributed by atoms with Crippen molar-refractivity contribution in [3.05, 3.63) is 58.7 Å². The van der Waals surface area contributed by atoms with E-state index in [1.807, 2.05) is 12.1 Å². The Kier molecular flexibility index (Phi) is 6.84. The normalized spacial score (nSPS) is 15.5. The fraction of sp³-hybridized carbons (Fsp3) is 0.400. The van der Waals surface area contributed by atoms with Crippen LogP contribution in [0.1, 0.15) is 17.7 Å². The van der Waals surface area contributed by atoms with E-state index in [9.17, 15) is 0 Å². The molecule has 1 saturated heterocycles. The van der Waals surface area contributed by atoms with Crippen molar-refractivity contribution in [2.45, 2.75) is 13.0 Å². The van der Waals surface area contributed by atoms with Gasteiger partial charge in [-0.15, -0.1) is 0 Å². The SMILES string of the molecule is N#Cc1nc(NCCCN2CCN(Cc3ccccc3)CC2)ccc1Cl. The molecule has 136 valence electrons. The van der Waals surface area contributed by atoms with Crippen molar-refractivity contribution in [3.8, 4) is 6.07 Å². The number of anilines is 1. The molecule has 5 nitrogen and oxygen atoms in total. The minimum atomic E-state index is 0.270. The van der Waals surface area contributed by atoms with Gasteiger partial charge in [-0.3, -0.25) is 4.90 Å². The largest absolute Gasteiger partial charge is 0.370 e. The van der Waals surface area contributed by atoms with E-state index in [2.05, 4.69) is 50.4 Å². The van der Waals surface area contributed by atoms with Gasteiger partial charge in [-0.2, -0.15) is 5.26 Å². The highest BCUT2D eigenvalue weighted by atomic mass is 35.5. The first-order chi connectivity index (χ1) is 12.7. The van der Waals surface area contributed by atoms with Crippen molar-refractivity contribution in [1.29, 1.82) is 5.26 Å². The van der Waals surface area contributed by atoms with Crippen LogP contribution < -0.4 is 5.32 Å². The molecule has 26 heavy (non-hydrogen) atoms. The quantitative estimate of drug-likeness (QED) is 0.759. The average molecular weight is 370 g/mol. The summed E-state index contributed by atoms with van der Waals surface area (Å²) in [6, 6.07) is 16.2. The number of halogens is 1. The Labute approximate surface area is 160 Å². The second kappa shape index (κ2) is 9.54. The predicted molar refractivity (Wildman–Crippen MR) is 105 cm³/mol. The molecule has 2 heterocycles. The Hall–Kier alpha value is -2.13. The molecule has 1 fully saturated rings. The molecule has 0 aliphatic carbocycles. The highest BCUT2D eigenvalue weighted by Gasteiger charge is 2.16. The van der Waals surface area contributed by atoms with Crippen molar-refractivity contribution in [1.82, 2.24) is 14.8 Å². The fourth-order valence-corrected chi connectivity index (χ4v) is 3.30. The van der Waals surface area contributed by atoms with Crippen LogP contribution in [0.3, 0.4) is 0 Å². The first kappa shape index (κ1) is 18.7. The van der Waals surface area contributed by atoms with Crippen LogP contribution in [0.2, 0.25) is 5.02 Å². The zero-order valence-corrected chi connectivity index (χ0v) is 15.6.